The van der Waals surface area contributed by atoms with Gasteiger partial charge in [0.2, 0.25) is 0 Å². The summed E-state index contributed by atoms with van der Waals surface area (Å²) in [4.78, 5) is 0. The molecule has 1 N–H and O–H groups in total. The smallest absolute Gasteiger partial charge is 0.0895 e. The van der Waals surface area contributed by atoms with Crippen LogP contribution in [0.4, 0.5) is 0 Å². The Balaban J connectivity index is 2.40. The summed E-state index contributed by atoms with van der Waals surface area (Å²) in [7, 11) is 0. The molecule has 3 aromatic rings. The van der Waals surface area contributed by atoms with Gasteiger partial charge in [-0.25, -0.2) is 0 Å². The van der Waals surface area contributed by atoms with Gasteiger partial charge in [-0.2, -0.15) is 0 Å². The monoisotopic (exact) mass is 370 g/mol. The Kier molecular flexibility index (Phi) is 5.74. The predicted octanol–water partition coefficient (Wildman–Crippen LogP) is 7.43. The number of aliphatic hydroxyl groups excluding tert-OH is 1. The predicted molar refractivity (Wildman–Crippen MR) is 121 cm³/mol. The normalized spacial score (nSPS) is 10.9. The summed E-state index contributed by atoms with van der Waals surface area (Å²) in [5.41, 5.74) is 12.6. The van der Waals surface area contributed by atoms with Gasteiger partial charge in [-0.05, 0) is 84.2 Å². The van der Waals surface area contributed by atoms with Gasteiger partial charge in [0.1, 0.15) is 0 Å². The number of rotatable bonds is 5. The Hall–Kier alpha value is -2.80. The molecular formula is C27H30O. The van der Waals surface area contributed by atoms with E-state index in [2.05, 4.69) is 89.7 Å². The number of benzene rings is 3. The highest BCUT2D eigenvalue weighted by molar-refractivity contribution is 5.85. The van der Waals surface area contributed by atoms with Gasteiger partial charge in [0.05, 0.1) is 5.76 Å². The minimum absolute atomic E-state index is 0.206. The van der Waals surface area contributed by atoms with Crippen molar-refractivity contribution in [1.82, 2.24) is 0 Å². The number of aryl methyl sites for hydroxylation is 2. The van der Waals surface area contributed by atoms with Crippen molar-refractivity contribution in [1.29, 1.82) is 0 Å². The van der Waals surface area contributed by atoms with E-state index in [-0.39, 0.29) is 5.76 Å². The SMILES string of the molecule is C=C(O)Cc1c(C)c(C)c(-c2ccccc2CC)c(C)c1-c1ccc(C)cc1. The lowest BCUT2D eigenvalue weighted by Crippen LogP contribution is -2.05. The van der Waals surface area contributed by atoms with Gasteiger partial charge < -0.3 is 5.11 Å². The highest BCUT2D eigenvalue weighted by Crippen LogP contribution is 2.41. The second kappa shape index (κ2) is 8.06. The van der Waals surface area contributed by atoms with Gasteiger partial charge >= 0.3 is 0 Å². The van der Waals surface area contributed by atoms with E-state index in [1.807, 2.05) is 0 Å². The summed E-state index contributed by atoms with van der Waals surface area (Å²) in [5, 5.41) is 10.0. The lowest BCUT2D eigenvalue weighted by Gasteiger charge is -2.24. The van der Waals surface area contributed by atoms with E-state index in [0.717, 1.165) is 6.42 Å². The van der Waals surface area contributed by atoms with E-state index < -0.39 is 0 Å². The molecule has 1 nitrogen and oxygen atoms in total. The van der Waals surface area contributed by atoms with Crippen molar-refractivity contribution >= 4 is 0 Å². The molecule has 0 aliphatic rings. The fourth-order valence-corrected chi connectivity index (χ4v) is 4.25. The van der Waals surface area contributed by atoms with Gasteiger partial charge in [-0.1, -0.05) is 67.6 Å². The molecule has 3 rings (SSSR count). The van der Waals surface area contributed by atoms with Gasteiger partial charge in [-0.15, -0.1) is 0 Å². The zero-order chi connectivity index (χ0) is 20.4. The van der Waals surface area contributed by atoms with Crippen molar-refractivity contribution in [2.24, 2.45) is 0 Å². The first-order chi connectivity index (χ1) is 13.3. The van der Waals surface area contributed by atoms with Crippen molar-refractivity contribution in [2.45, 2.75) is 47.5 Å². The summed E-state index contributed by atoms with van der Waals surface area (Å²) >= 11 is 0. The van der Waals surface area contributed by atoms with Crippen molar-refractivity contribution in [3.63, 3.8) is 0 Å². The fraction of sp³-hybridized carbons (Fsp3) is 0.259. The first kappa shape index (κ1) is 19.9. The molecule has 0 saturated heterocycles. The lowest BCUT2D eigenvalue weighted by atomic mass is 9.80. The molecule has 0 radical (unpaired) electrons. The molecule has 0 amide bonds. The van der Waals surface area contributed by atoms with Crippen LogP contribution in [0, 0.1) is 27.7 Å². The highest BCUT2D eigenvalue weighted by Gasteiger charge is 2.21. The Morgan fingerprint density at radius 3 is 2.07 bits per heavy atom. The summed E-state index contributed by atoms with van der Waals surface area (Å²) in [6.45, 7) is 14.7. The van der Waals surface area contributed by atoms with E-state index >= 15 is 0 Å². The van der Waals surface area contributed by atoms with Crippen LogP contribution in [0.25, 0.3) is 22.3 Å². The minimum Gasteiger partial charge on any atom is -0.513 e. The Labute approximate surface area is 169 Å². The first-order valence-electron chi connectivity index (χ1n) is 9.99. The molecule has 144 valence electrons. The van der Waals surface area contributed by atoms with Crippen LogP contribution < -0.4 is 0 Å². The van der Waals surface area contributed by atoms with Crippen LogP contribution in [0.15, 0.2) is 60.9 Å². The third-order valence-corrected chi connectivity index (χ3v) is 5.83. The van der Waals surface area contributed by atoms with Crippen LogP contribution in [-0.4, -0.2) is 5.11 Å². The maximum Gasteiger partial charge on any atom is 0.0895 e. The van der Waals surface area contributed by atoms with Gasteiger partial charge in [0.15, 0.2) is 0 Å². The third kappa shape index (κ3) is 3.62. The Morgan fingerprint density at radius 2 is 1.46 bits per heavy atom. The van der Waals surface area contributed by atoms with Crippen LogP contribution in [0.1, 0.15) is 40.3 Å². The average Bonchev–Trinajstić information content (AvgIpc) is 2.67. The first-order valence-corrected chi connectivity index (χ1v) is 9.99. The largest absolute Gasteiger partial charge is 0.513 e. The zero-order valence-electron chi connectivity index (χ0n) is 17.7. The Morgan fingerprint density at radius 1 is 0.821 bits per heavy atom. The highest BCUT2D eigenvalue weighted by atomic mass is 16.3. The molecule has 0 saturated carbocycles. The third-order valence-electron chi connectivity index (χ3n) is 5.83. The molecule has 0 spiro atoms. The number of hydrogen-bond acceptors (Lipinski definition) is 1. The fourth-order valence-electron chi connectivity index (χ4n) is 4.25. The van der Waals surface area contributed by atoms with Crippen LogP contribution in [-0.2, 0) is 12.8 Å². The van der Waals surface area contributed by atoms with Crippen LogP contribution in [0.3, 0.4) is 0 Å². The van der Waals surface area contributed by atoms with Crippen molar-refractivity contribution in [2.75, 3.05) is 0 Å². The van der Waals surface area contributed by atoms with Crippen LogP contribution >= 0.6 is 0 Å². The van der Waals surface area contributed by atoms with Crippen molar-refractivity contribution < 1.29 is 5.11 Å². The molecule has 3 aromatic carbocycles. The molecule has 0 heterocycles. The van der Waals surface area contributed by atoms with E-state index in [0.29, 0.717) is 6.42 Å². The quantitative estimate of drug-likeness (QED) is 0.463. The number of hydrogen-bond donors (Lipinski definition) is 1. The molecule has 1 heteroatoms. The number of aliphatic hydroxyl groups is 1. The van der Waals surface area contributed by atoms with E-state index in [1.165, 1.54) is 55.6 Å². The molecule has 0 aliphatic heterocycles. The summed E-state index contributed by atoms with van der Waals surface area (Å²) in [6.07, 6.45) is 1.48. The van der Waals surface area contributed by atoms with E-state index in [9.17, 15) is 5.11 Å². The van der Waals surface area contributed by atoms with Crippen LogP contribution in [0.5, 0.6) is 0 Å². The van der Waals surface area contributed by atoms with Gasteiger partial charge in [0.25, 0.3) is 0 Å². The minimum atomic E-state index is 0.206. The van der Waals surface area contributed by atoms with Crippen molar-refractivity contribution in [3.05, 3.63) is 94.2 Å². The summed E-state index contributed by atoms with van der Waals surface area (Å²) in [5.74, 6) is 0.206. The summed E-state index contributed by atoms with van der Waals surface area (Å²) in [6, 6.07) is 17.4. The maximum absolute atomic E-state index is 10.0. The second-order valence-electron chi connectivity index (χ2n) is 7.72. The van der Waals surface area contributed by atoms with Crippen molar-refractivity contribution in [3.8, 4) is 22.3 Å². The van der Waals surface area contributed by atoms with Gasteiger partial charge in [-0.3, -0.25) is 0 Å². The summed E-state index contributed by atoms with van der Waals surface area (Å²) < 4.78 is 0. The molecule has 0 aliphatic carbocycles. The van der Waals surface area contributed by atoms with E-state index in [1.54, 1.807) is 0 Å². The molecular weight excluding hydrogens is 340 g/mol. The van der Waals surface area contributed by atoms with E-state index in [4.69, 9.17) is 0 Å². The molecule has 0 fully saturated rings. The molecule has 0 bridgehead atoms. The number of allylic oxidation sites excluding steroid dienone is 1. The molecule has 28 heavy (non-hydrogen) atoms. The lowest BCUT2D eigenvalue weighted by molar-refractivity contribution is 0.401. The zero-order valence-corrected chi connectivity index (χ0v) is 17.7. The molecule has 0 aromatic heterocycles. The maximum atomic E-state index is 10.0. The standard InChI is InChI=1S/C27H30O/c1-7-22-10-8-9-11-24(22)26-20(5)19(4)25(16-18(3)28)27(21(26)6)23-14-12-17(2)13-15-23/h8-15,28H,3,7,16H2,1-2,4-6H3. The topological polar surface area (TPSA) is 20.2 Å². The molecule has 0 atom stereocenters. The average molecular weight is 371 g/mol. The second-order valence-corrected chi connectivity index (χ2v) is 7.72. The molecule has 0 unspecified atom stereocenters. The van der Waals surface area contributed by atoms with Crippen LogP contribution in [0.2, 0.25) is 0 Å². The Bertz CT molecular complexity index is 1020. The van der Waals surface area contributed by atoms with Gasteiger partial charge in [0, 0.05) is 6.42 Å².